The summed E-state index contributed by atoms with van der Waals surface area (Å²) in [7, 11) is 0. The Labute approximate surface area is 358 Å². The monoisotopic (exact) mass is 794 g/mol. The Hall–Kier alpha value is -8.34. The first-order chi connectivity index (χ1) is 30.7. The zero-order valence-corrected chi connectivity index (χ0v) is 33.7. The topological polar surface area (TPSA) is 32.8 Å². The molecular formula is C58H38N2O2. The molecule has 0 radical (unpaired) electrons. The summed E-state index contributed by atoms with van der Waals surface area (Å²) >= 11 is 0. The maximum absolute atomic E-state index is 6.48. The van der Waals surface area contributed by atoms with E-state index in [1.807, 2.05) is 24.3 Å². The standard InChI is InChI=1S/C58H38N2O2/c1-2-14-39(15-3-1)40-28-30-43(31-29-40)59(45-32-34-51-49-22-7-10-26-55(49)61-57(51)37-45)44-19-12-18-42(36-44)48-21-6-9-24-53(48)60(54-25-13-17-41-16-4-5-20-47(41)54)46-33-35-52-50-23-8-11-27-56(50)62-58(52)38-46/h1-38H. The normalized spacial score (nSPS) is 11.5. The lowest BCUT2D eigenvalue weighted by Crippen LogP contribution is -2.12. The zero-order chi connectivity index (χ0) is 41.0. The van der Waals surface area contributed by atoms with Gasteiger partial charge in [0.05, 0.1) is 11.4 Å². The first-order valence-electron chi connectivity index (χ1n) is 21.0. The van der Waals surface area contributed by atoms with E-state index in [0.29, 0.717) is 0 Å². The summed E-state index contributed by atoms with van der Waals surface area (Å²) in [5.74, 6) is 0. The molecule has 0 spiro atoms. The van der Waals surface area contributed by atoms with Gasteiger partial charge in [0.2, 0.25) is 0 Å². The maximum Gasteiger partial charge on any atom is 0.137 e. The SMILES string of the molecule is c1ccc(-c2ccc(N(c3cccc(-c4ccccc4N(c4ccc5c(c4)oc4ccccc45)c4cccc5ccccc45)c3)c3ccc4c(c3)oc3ccccc34)cc2)cc1. The molecule has 12 aromatic rings. The van der Waals surface area contributed by atoms with Crippen molar-refractivity contribution in [2.45, 2.75) is 0 Å². The van der Waals surface area contributed by atoms with Crippen molar-refractivity contribution in [2.24, 2.45) is 0 Å². The third-order valence-electron chi connectivity index (χ3n) is 12.0. The van der Waals surface area contributed by atoms with E-state index in [2.05, 4.69) is 216 Å². The van der Waals surface area contributed by atoms with Gasteiger partial charge in [0.25, 0.3) is 0 Å². The van der Waals surface area contributed by atoms with E-state index in [0.717, 1.165) is 94.5 Å². The van der Waals surface area contributed by atoms with Gasteiger partial charge in [-0.2, -0.15) is 0 Å². The van der Waals surface area contributed by atoms with Crippen molar-refractivity contribution < 1.29 is 8.83 Å². The zero-order valence-electron chi connectivity index (χ0n) is 33.7. The van der Waals surface area contributed by atoms with Crippen LogP contribution in [0.15, 0.2) is 239 Å². The van der Waals surface area contributed by atoms with Gasteiger partial charge < -0.3 is 18.6 Å². The summed E-state index contributed by atoms with van der Waals surface area (Å²) in [5.41, 5.74) is 14.2. The number of fused-ring (bicyclic) bond motifs is 7. The van der Waals surface area contributed by atoms with Crippen LogP contribution >= 0.6 is 0 Å². The highest BCUT2D eigenvalue weighted by atomic mass is 16.3. The number of anilines is 6. The summed E-state index contributed by atoms with van der Waals surface area (Å²) < 4.78 is 12.9. The van der Waals surface area contributed by atoms with Crippen LogP contribution in [0.4, 0.5) is 34.1 Å². The van der Waals surface area contributed by atoms with Gasteiger partial charge in [-0.1, -0.05) is 146 Å². The molecule has 12 rings (SSSR count). The second-order valence-corrected chi connectivity index (χ2v) is 15.7. The number of benzene rings is 10. The van der Waals surface area contributed by atoms with E-state index < -0.39 is 0 Å². The second kappa shape index (κ2) is 14.7. The molecule has 0 aliphatic carbocycles. The van der Waals surface area contributed by atoms with Crippen molar-refractivity contribution in [3.05, 3.63) is 231 Å². The van der Waals surface area contributed by atoms with Crippen LogP contribution in [0.1, 0.15) is 0 Å². The van der Waals surface area contributed by atoms with Crippen LogP contribution < -0.4 is 9.80 Å². The molecule has 2 heterocycles. The van der Waals surface area contributed by atoms with Crippen molar-refractivity contribution in [1.82, 2.24) is 0 Å². The van der Waals surface area contributed by atoms with Crippen LogP contribution in [0.5, 0.6) is 0 Å². The average molecular weight is 795 g/mol. The van der Waals surface area contributed by atoms with Gasteiger partial charge in [-0.05, 0) is 94.9 Å². The van der Waals surface area contributed by atoms with Crippen LogP contribution in [-0.4, -0.2) is 0 Å². The minimum atomic E-state index is 0.850. The molecule has 0 amide bonds. The first-order valence-corrected chi connectivity index (χ1v) is 21.0. The number of nitrogens with zero attached hydrogens (tertiary/aromatic N) is 2. The van der Waals surface area contributed by atoms with Gasteiger partial charge in [-0.3, -0.25) is 0 Å². The van der Waals surface area contributed by atoms with Crippen molar-refractivity contribution in [2.75, 3.05) is 9.80 Å². The molecule has 4 nitrogen and oxygen atoms in total. The third-order valence-corrected chi connectivity index (χ3v) is 12.0. The molecular weight excluding hydrogens is 757 g/mol. The molecule has 292 valence electrons. The van der Waals surface area contributed by atoms with E-state index in [9.17, 15) is 0 Å². The fourth-order valence-corrected chi connectivity index (χ4v) is 9.12. The molecule has 2 aromatic heterocycles. The number of furan rings is 2. The summed E-state index contributed by atoms with van der Waals surface area (Å²) in [5, 5.41) is 6.76. The summed E-state index contributed by atoms with van der Waals surface area (Å²) in [6.07, 6.45) is 0. The van der Waals surface area contributed by atoms with E-state index in [1.54, 1.807) is 0 Å². The van der Waals surface area contributed by atoms with Gasteiger partial charge in [0.15, 0.2) is 0 Å². The molecule has 0 unspecified atom stereocenters. The molecule has 0 aliphatic heterocycles. The van der Waals surface area contributed by atoms with Gasteiger partial charge >= 0.3 is 0 Å². The van der Waals surface area contributed by atoms with Crippen LogP contribution in [0, 0.1) is 0 Å². The van der Waals surface area contributed by atoms with Gasteiger partial charge in [-0.15, -0.1) is 0 Å². The summed E-state index contributed by atoms with van der Waals surface area (Å²) in [6.45, 7) is 0. The fraction of sp³-hybridized carbons (Fsp3) is 0. The smallest absolute Gasteiger partial charge is 0.137 e. The largest absolute Gasteiger partial charge is 0.456 e. The lowest BCUT2D eigenvalue weighted by molar-refractivity contribution is 0.668. The average Bonchev–Trinajstić information content (AvgIpc) is 3.90. The van der Waals surface area contributed by atoms with Gasteiger partial charge in [0, 0.05) is 67.4 Å². The predicted molar refractivity (Wildman–Crippen MR) is 259 cm³/mol. The highest BCUT2D eigenvalue weighted by Crippen LogP contribution is 2.46. The van der Waals surface area contributed by atoms with E-state index in [4.69, 9.17) is 8.83 Å². The molecule has 0 aliphatic rings. The number of hydrogen-bond acceptors (Lipinski definition) is 4. The van der Waals surface area contributed by atoms with E-state index in [1.165, 1.54) is 16.5 Å². The Kier molecular flexibility index (Phi) is 8.46. The molecule has 62 heavy (non-hydrogen) atoms. The molecule has 0 saturated carbocycles. The number of rotatable bonds is 8. The molecule has 0 fully saturated rings. The lowest BCUT2D eigenvalue weighted by atomic mass is 9.99. The third kappa shape index (κ3) is 6.08. The number of hydrogen-bond donors (Lipinski definition) is 0. The van der Waals surface area contributed by atoms with Crippen LogP contribution in [-0.2, 0) is 0 Å². The van der Waals surface area contributed by atoms with E-state index in [-0.39, 0.29) is 0 Å². The van der Waals surface area contributed by atoms with Gasteiger partial charge in [-0.25, -0.2) is 0 Å². The maximum atomic E-state index is 6.48. The highest BCUT2D eigenvalue weighted by molar-refractivity contribution is 6.08. The minimum absolute atomic E-state index is 0.850. The Morgan fingerprint density at radius 2 is 0.742 bits per heavy atom. The van der Waals surface area contributed by atoms with Crippen LogP contribution in [0.25, 0.3) is 76.9 Å². The molecule has 0 bridgehead atoms. The highest BCUT2D eigenvalue weighted by Gasteiger charge is 2.22. The molecule has 0 saturated heterocycles. The second-order valence-electron chi connectivity index (χ2n) is 15.7. The number of para-hydroxylation sites is 3. The molecule has 0 N–H and O–H groups in total. The quantitative estimate of drug-likeness (QED) is 0.153. The molecule has 4 heteroatoms. The Bertz CT molecular complexity index is 3600. The van der Waals surface area contributed by atoms with Crippen molar-refractivity contribution in [1.29, 1.82) is 0 Å². The fourth-order valence-electron chi connectivity index (χ4n) is 9.12. The Balaban J connectivity index is 1.03. The van der Waals surface area contributed by atoms with Crippen LogP contribution in [0.2, 0.25) is 0 Å². The van der Waals surface area contributed by atoms with Crippen molar-refractivity contribution in [3.8, 4) is 22.3 Å². The van der Waals surface area contributed by atoms with E-state index >= 15 is 0 Å². The van der Waals surface area contributed by atoms with Crippen molar-refractivity contribution in [3.63, 3.8) is 0 Å². The summed E-state index contributed by atoms with van der Waals surface area (Å²) in [4.78, 5) is 4.71. The molecule has 10 aromatic carbocycles. The van der Waals surface area contributed by atoms with Crippen molar-refractivity contribution >= 4 is 88.8 Å². The minimum Gasteiger partial charge on any atom is -0.456 e. The Morgan fingerprint density at radius 3 is 1.47 bits per heavy atom. The molecule has 0 atom stereocenters. The van der Waals surface area contributed by atoms with Gasteiger partial charge in [0.1, 0.15) is 22.3 Å². The first kappa shape index (κ1) is 35.6. The van der Waals surface area contributed by atoms with Crippen LogP contribution in [0.3, 0.4) is 0 Å². The Morgan fingerprint density at radius 1 is 0.258 bits per heavy atom. The summed E-state index contributed by atoms with van der Waals surface area (Å²) in [6, 6.07) is 81.7. The lowest BCUT2D eigenvalue weighted by Gasteiger charge is -2.29. The predicted octanol–water partition coefficient (Wildman–Crippen LogP) is 16.9.